The molecule has 0 spiro atoms. The molecule has 2 atom stereocenters. The number of hydrogen-bond donors (Lipinski definition) is 1. The monoisotopic (exact) mass is 260 g/mol. The van der Waals surface area contributed by atoms with Crippen LogP contribution in [0.1, 0.15) is 51.3 Å². The smallest absolute Gasteiger partial charge is 0.0324 e. The van der Waals surface area contributed by atoms with Crippen molar-refractivity contribution in [2.45, 2.75) is 58.7 Å². The third-order valence-electron chi connectivity index (χ3n) is 4.39. The summed E-state index contributed by atoms with van der Waals surface area (Å²) < 4.78 is 0. The Bertz CT molecular complexity index is 408. The molecule has 2 nitrogen and oxygen atoms in total. The summed E-state index contributed by atoms with van der Waals surface area (Å²) in [5.41, 5.74) is 2.98. The lowest BCUT2D eigenvalue weighted by atomic mass is 9.94. The third-order valence-corrected chi connectivity index (χ3v) is 4.39. The van der Waals surface area contributed by atoms with E-state index in [1.54, 1.807) is 0 Å². The highest BCUT2D eigenvalue weighted by atomic mass is 15.3. The number of benzene rings is 1. The molecule has 1 heterocycles. The second kappa shape index (κ2) is 5.64. The topological polar surface area (TPSA) is 15.3 Å². The van der Waals surface area contributed by atoms with Gasteiger partial charge in [0.1, 0.15) is 0 Å². The molecule has 106 valence electrons. The summed E-state index contributed by atoms with van der Waals surface area (Å²) in [6.45, 7) is 13.6. The van der Waals surface area contributed by atoms with Gasteiger partial charge in [0.15, 0.2) is 0 Å². The van der Waals surface area contributed by atoms with Gasteiger partial charge in [-0.2, -0.15) is 0 Å². The standard InChI is InChI=1S/C17H28N2/c1-6-16-11-18-17(4,5)12-19(16)14(3)15-9-7-13(2)8-10-15/h7-10,14,16,18H,6,11-12H2,1-5H3. The fraction of sp³-hybridized carbons (Fsp3) is 0.647. The average Bonchev–Trinajstić information content (AvgIpc) is 2.38. The van der Waals surface area contributed by atoms with Crippen molar-refractivity contribution < 1.29 is 0 Å². The molecule has 1 aliphatic heterocycles. The third kappa shape index (κ3) is 3.37. The maximum Gasteiger partial charge on any atom is 0.0324 e. The fourth-order valence-corrected chi connectivity index (χ4v) is 3.02. The van der Waals surface area contributed by atoms with Gasteiger partial charge in [-0.05, 0) is 39.7 Å². The van der Waals surface area contributed by atoms with Gasteiger partial charge in [-0.1, -0.05) is 36.8 Å². The maximum absolute atomic E-state index is 3.66. The largest absolute Gasteiger partial charge is 0.309 e. The van der Waals surface area contributed by atoms with Gasteiger partial charge in [-0.15, -0.1) is 0 Å². The highest BCUT2D eigenvalue weighted by molar-refractivity contribution is 5.24. The van der Waals surface area contributed by atoms with E-state index in [0.717, 1.165) is 13.1 Å². The molecule has 0 radical (unpaired) electrons. The van der Waals surface area contributed by atoms with Crippen LogP contribution in [0.25, 0.3) is 0 Å². The van der Waals surface area contributed by atoms with E-state index in [0.29, 0.717) is 12.1 Å². The van der Waals surface area contributed by atoms with Gasteiger partial charge >= 0.3 is 0 Å². The molecule has 0 bridgehead atoms. The van der Waals surface area contributed by atoms with Crippen LogP contribution >= 0.6 is 0 Å². The Balaban J connectivity index is 2.19. The lowest BCUT2D eigenvalue weighted by Crippen LogP contribution is -2.61. The van der Waals surface area contributed by atoms with Gasteiger partial charge in [-0.3, -0.25) is 4.90 Å². The van der Waals surface area contributed by atoms with Crippen molar-refractivity contribution >= 4 is 0 Å². The van der Waals surface area contributed by atoms with Crippen LogP contribution in [0, 0.1) is 6.92 Å². The molecule has 1 aromatic rings. The molecule has 2 rings (SSSR count). The first kappa shape index (κ1) is 14.5. The van der Waals surface area contributed by atoms with Gasteiger partial charge in [0.2, 0.25) is 0 Å². The van der Waals surface area contributed by atoms with Crippen LogP contribution in [0.4, 0.5) is 0 Å². The summed E-state index contributed by atoms with van der Waals surface area (Å²) in [6, 6.07) is 10.1. The van der Waals surface area contributed by atoms with Crippen molar-refractivity contribution in [3.8, 4) is 0 Å². The van der Waals surface area contributed by atoms with Crippen molar-refractivity contribution in [2.75, 3.05) is 13.1 Å². The minimum Gasteiger partial charge on any atom is -0.309 e. The van der Waals surface area contributed by atoms with Crippen LogP contribution < -0.4 is 5.32 Å². The molecule has 19 heavy (non-hydrogen) atoms. The first-order chi connectivity index (χ1) is 8.93. The first-order valence-electron chi connectivity index (χ1n) is 7.50. The molecule has 0 aliphatic carbocycles. The van der Waals surface area contributed by atoms with Crippen LogP contribution in [0.15, 0.2) is 24.3 Å². The van der Waals surface area contributed by atoms with Crippen molar-refractivity contribution in [3.05, 3.63) is 35.4 Å². The van der Waals surface area contributed by atoms with E-state index in [4.69, 9.17) is 0 Å². The fourth-order valence-electron chi connectivity index (χ4n) is 3.02. The van der Waals surface area contributed by atoms with Gasteiger partial charge in [-0.25, -0.2) is 0 Å². The molecule has 2 heteroatoms. The van der Waals surface area contributed by atoms with Crippen molar-refractivity contribution in [2.24, 2.45) is 0 Å². The number of aryl methyl sites for hydroxylation is 1. The van der Waals surface area contributed by atoms with Crippen LogP contribution in [-0.4, -0.2) is 29.6 Å². The van der Waals surface area contributed by atoms with E-state index < -0.39 is 0 Å². The second-order valence-electron chi connectivity index (χ2n) is 6.59. The highest BCUT2D eigenvalue weighted by Gasteiger charge is 2.34. The molecule has 0 saturated carbocycles. The predicted molar refractivity (Wildman–Crippen MR) is 82.5 cm³/mol. The van der Waals surface area contributed by atoms with Gasteiger partial charge in [0.25, 0.3) is 0 Å². The predicted octanol–water partition coefficient (Wildman–Crippen LogP) is 3.52. The van der Waals surface area contributed by atoms with E-state index >= 15 is 0 Å². The van der Waals surface area contributed by atoms with Gasteiger partial charge in [0, 0.05) is 30.7 Å². The van der Waals surface area contributed by atoms with Crippen LogP contribution in [0.3, 0.4) is 0 Å². The van der Waals surface area contributed by atoms with Crippen LogP contribution in [0.5, 0.6) is 0 Å². The molecular formula is C17H28N2. The van der Waals surface area contributed by atoms with Crippen molar-refractivity contribution in [1.82, 2.24) is 10.2 Å². The lowest BCUT2D eigenvalue weighted by Gasteiger charge is -2.47. The van der Waals surface area contributed by atoms with Crippen LogP contribution in [-0.2, 0) is 0 Å². The highest BCUT2D eigenvalue weighted by Crippen LogP contribution is 2.28. The Hall–Kier alpha value is -0.860. The molecule has 2 unspecified atom stereocenters. The summed E-state index contributed by atoms with van der Waals surface area (Å²) in [5, 5.41) is 3.66. The summed E-state index contributed by atoms with van der Waals surface area (Å²) in [7, 11) is 0. The Morgan fingerprint density at radius 2 is 1.95 bits per heavy atom. The first-order valence-corrected chi connectivity index (χ1v) is 7.50. The normalized spacial score (nSPS) is 25.2. The summed E-state index contributed by atoms with van der Waals surface area (Å²) in [4.78, 5) is 2.67. The molecule has 1 saturated heterocycles. The minimum atomic E-state index is 0.213. The zero-order chi connectivity index (χ0) is 14.0. The maximum atomic E-state index is 3.66. The number of nitrogens with one attached hydrogen (secondary N) is 1. The van der Waals surface area contributed by atoms with E-state index in [1.807, 2.05) is 0 Å². The number of nitrogens with zero attached hydrogens (tertiary/aromatic N) is 1. The Labute approximate surface area is 118 Å². The SMILES string of the molecule is CCC1CNC(C)(C)CN1C(C)c1ccc(C)cc1. The zero-order valence-electron chi connectivity index (χ0n) is 13.0. The lowest BCUT2D eigenvalue weighted by molar-refractivity contribution is 0.0580. The molecule has 1 N–H and O–H groups in total. The van der Waals surface area contributed by atoms with Crippen molar-refractivity contribution in [1.29, 1.82) is 0 Å². The minimum absolute atomic E-state index is 0.213. The second-order valence-corrected chi connectivity index (χ2v) is 6.59. The quantitative estimate of drug-likeness (QED) is 0.894. The van der Waals surface area contributed by atoms with Gasteiger partial charge < -0.3 is 5.32 Å². The molecule has 1 aromatic carbocycles. The summed E-state index contributed by atoms with van der Waals surface area (Å²) in [6.07, 6.45) is 1.21. The Morgan fingerprint density at radius 1 is 1.32 bits per heavy atom. The summed E-state index contributed by atoms with van der Waals surface area (Å²) in [5.74, 6) is 0. The Morgan fingerprint density at radius 3 is 2.53 bits per heavy atom. The van der Waals surface area contributed by atoms with E-state index in [2.05, 4.69) is 69.1 Å². The van der Waals surface area contributed by atoms with E-state index in [1.165, 1.54) is 17.5 Å². The zero-order valence-corrected chi connectivity index (χ0v) is 13.0. The number of rotatable bonds is 3. The average molecular weight is 260 g/mol. The molecule has 0 amide bonds. The number of piperazine rings is 1. The number of hydrogen-bond acceptors (Lipinski definition) is 2. The van der Waals surface area contributed by atoms with Crippen molar-refractivity contribution in [3.63, 3.8) is 0 Å². The van der Waals surface area contributed by atoms with E-state index in [-0.39, 0.29) is 5.54 Å². The van der Waals surface area contributed by atoms with E-state index in [9.17, 15) is 0 Å². The Kier molecular flexibility index (Phi) is 4.32. The molecule has 1 fully saturated rings. The molecular weight excluding hydrogens is 232 g/mol. The molecule has 1 aliphatic rings. The molecule has 0 aromatic heterocycles. The van der Waals surface area contributed by atoms with Gasteiger partial charge in [0.05, 0.1) is 0 Å². The van der Waals surface area contributed by atoms with Crippen LogP contribution in [0.2, 0.25) is 0 Å². The summed E-state index contributed by atoms with van der Waals surface area (Å²) >= 11 is 0.